The lowest BCUT2D eigenvalue weighted by molar-refractivity contribution is -0.130. The summed E-state index contributed by atoms with van der Waals surface area (Å²) in [6, 6.07) is 14.8. The summed E-state index contributed by atoms with van der Waals surface area (Å²) in [5.41, 5.74) is 1.81. The molecule has 7 heteroatoms. The highest BCUT2D eigenvalue weighted by atomic mass is 16.5. The van der Waals surface area contributed by atoms with Gasteiger partial charge in [-0.25, -0.2) is 4.79 Å². The first kappa shape index (κ1) is 22.3. The van der Waals surface area contributed by atoms with Crippen molar-refractivity contribution in [1.82, 2.24) is 14.8 Å². The summed E-state index contributed by atoms with van der Waals surface area (Å²) in [5.74, 6) is -0.674. The van der Waals surface area contributed by atoms with Crippen molar-refractivity contribution in [3.05, 3.63) is 71.0 Å². The van der Waals surface area contributed by atoms with Crippen LogP contribution in [0.1, 0.15) is 47.1 Å². The number of aromatic nitrogens is 1. The summed E-state index contributed by atoms with van der Waals surface area (Å²) in [5, 5.41) is 4.85. The van der Waals surface area contributed by atoms with Crippen molar-refractivity contribution >= 4 is 28.5 Å². The molecule has 0 saturated carbocycles. The number of nitrogens with zero attached hydrogens (tertiary/aromatic N) is 2. The number of urea groups is 1. The van der Waals surface area contributed by atoms with E-state index in [4.69, 9.17) is 4.74 Å². The number of benzene rings is 2. The second-order valence-corrected chi connectivity index (χ2v) is 9.46. The maximum absolute atomic E-state index is 13.4. The third-order valence-electron chi connectivity index (χ3n) is 7.19. The molecule has 3 amide bonds. The van der Waals surface area contributed by atoms with Crippen molar-refractivity contribution in [2.45, 2.75) is 51.8 Å². The van der Waals surface area contributed by atoms with E-state index in [1.54, 1.807) is 6.92 Å². The number of aryl methyl sites for hydroxylation is 1. The fraction of sp³-hybridized carbons (Fsp3) is 0.370. The molecule has 2 atom stereocenters. The number of hydrogen-bond donors (Lipinski definition) is 1. The quantitative estimate of drug-likeness (QED) is 0.445. The van der Waals surface area contributed by atoms with E-state index in [1.165, 1.54) is 0 Å². The Labute approximate surface area is 198 Å². The van der Waals surface area contributed by atoms with Gasteiger partial charge in [-0.05, 0) is 62.1 Å². The Morgan fingerprint density at radius 1 is 1.12 bits per heavy atom. The summed E-state index contributed by atoms with van der Waals surface area (Å²) < 4.78 is 7.84. The average molecular weight is 460 g/mol. The van der Waals surface area contributed by atoms with E-state index in [2.05, 4.69) is 9.88 Å². The SMILES string of the molecule is Cc1cc(C(=O)CN2C(=O)N[C@@](C)(c3ccc4ccccc4c3)C2=O)c(C)n1C[C@@H]1CCCO1. The fourth-order valence-corrected chi connectivity index (χ4v) is 5.12. The van der Waals surface area contributed by atoms with Crippen LogP contribution in [0.3, 0.4) is 0 Å². The van der Waals surface area contributed by atoms with Gasteiger partial charge >= 0.3 is 6.03 Å². The van der Waals surface area contributed by atoms with Gasteiger partial charge in [0.2, 0.25) is 0 Å². The predicted molar refractivity (Wildman–Crippen MR) is 129 cm³/mol. The number of amides is 3. The molecule has 1 aromatic heterocycles. The van der Waals surface area contributed by atoms with Crippen molar-refractivity contribution < 1.29 is 19.1 Å². The number of rotatable bonds is 6. The van der Waals surface area contributed by atoms with Gasteiger partial charge in [-0.3, -0.25) is 14.5 Å². The molecule has 0 spiro atoms. The number of nitrogens with one attached hydrogen (secondary N) is 1. The van der Waals surface area contributed by atoms with E-state index in [9.17, 15) is 14.4 Å². The normalized spacial score (nSPS) is 22.6. The second kappa shape index (κ2) is 8.40. The highest BCUT2D eigenvalue weighted by Crippen LogP contribution is 2.31. The predicted octanol–water partition coefficient (Wildman–Crippen LogP) is 4.09. The van der Waals surface area contributed by atoms with E-state index in [0.29, 0.717) is 17.7 Å². The van der Waals surface area contributed by atoms with Crippen LogP contribution >= 0.6 is 0 Å². The van der Waals surface area contributed by atoms with Crippen LogP contribution in [0.4, 0.5) is 4.79 Å². The summed E-state index contributed by atoms with van der Waals surface area (Å²) in [6.07, 6.45) is 2.22. The third-order valence-corrected chi connectivity index (χ3v) is 7.19. The Hall–Kier alpha value is -3.45. The molecular formula is C27H29N3O4. The summed E-state index contributed by atoms with van der Waals surface area (Å²) >= 11 is 0. The van der Waals surface area contributed by atoms with Gasteiger partial charge in [-0.2, -0.15) is 0 Å². The maximum atomic E-state index is 13.4. The zero-order valence-electron chi connectivity index (χ0n) is 19.8. The summed E-state index contributed by atoms with van der Waals surface area (Å²) in [6.45, 7) is 6.74. The Morgan fingerprint density at radius 3 is 2.62 bits per heavy atom. The van der Waals surface area contributed by atoms with Gasteiger partial charge in [-0.15, -0.1) is 0 Å². The average Bonchev–Trinajstić information content (AvgIpc) is 3.50. The third kappa shape index (κ3) is 3.70. The smallest absolute Gasteiger partial charge is 0.325 e. The van der Waals surface area contributed by atoms with Gasteiger partial charge in [0.05, 0.1) is 12.6 Å². The van der Waals surface area contributed by atoms with Gasteiger partial charge < -0.3 is 14.6 Å². The van der Waals surface area contributed by atoms with Crippen LogP contribution in [0, 0.1) is 13.8 Å². The van der Waals surface area contributed by atoms with Crippen LogP contribution in [0.15, 0.2) is 48.5 Å². The number of Topliss-reactive ketones (excluding diaryl/α,β-unsaturated/α-hetero) is 1. The second-order valence-electron chi connectivity index (χ2n) is 9.46. The van der Waals surface area contributed by atoms with Crippen LogP contribution in [0.2, 0.25) is 0 Å². The first-order valence-corrected chi connectivity index (χ1v) is 11.7. The molecule has 34 heavy (non-hydrogen) atoms. The lowest BCUT2D eigenvalue weighted by Gasteiger charge is -2.22. The van der Waals surface area contributed by atoms with E-state index >= 15 is 0 Å². The highest BCUT2D eigenvalue weighted by molar-refractivity contribution is 6.11. The van der Waals surface area contributed by atoms with Gasteiger partial charge in [0.15, 0.2) is 5.78 Å². The molecule has 7 nitrogen and oxygen atoms in total. The highest BCUT2D eigenvalue weighted by Gasteiger charge is 2.49. The number of imide groups is 1. The van der Waals surface area contributed by atoms with Crippen molar-refractivity contribution in [1.29, 1.82) is 0 Å². The van der Waals surface area contributed by atoms with Crippen molar-refractivity contribution in [2.24, 2.45) is 0 Å². The first-order valence-electron chi connectivity index (χ1n) is 11.7. The van der Waals surface area contributed by atoms with E-state index in [-0.39, 0.29) is 18.4 Å². The Bertz CT molecular complexity index is 1300. The first-order chi connectivity index (χ1) is 16.3. The van der Waals surface area contributed by atoms with E-state index in [0.717, 1.165) is 46.5 Å². The summed E-state index contributed by atoms with van der Waals surface area (Å²) in [7, 11) is 0. The van der Waals surface area contributed by atoms with Crippen LogP contribution in [-0.4, -0.2) is 46.4 Å². The zero-order valence-corrected chi connectivity index (χ0v) is 19.8. The Balaban J connectivity index is 1.37. The van der Waals surface area contributed by atoms with Gasteiger partial charge in [0.1, 0.15) is 5.54 Å². The molecule has 0 unspecified atom stereocenters. The standard InChI is InChI=1S/C27H29N3O4/c1-17-13-23(18(2)29(17)15-22-9-6-12-34-22)24(31)16-30-25(32)27(3,28-26(30)33)21-11-10-19-7-4-5-8-20(19)14-21/h4-5,7-8,10-11,13-14,22H,6,9,12,15-16H2,1-3H3,(H,28,33)/t22-,27-/m0/s1. The van der Waals surface area contributed by atoms with Crippen LogP contribution < -0.4 is 5.32 Å². The van der Waals surface area contributed by atoms with Gasteiger partial charge in [0, 0.05) is 30.1 Å². The lowest BCUT2D eigenvalue weighted by Crippen LogP contribution is -2.41. The molecule has 0 radical (unpaired) electrons. The molecule has 2 aromatic carbocycles. The molecule has 3 aromatic rings. The number of fused-ring (bicyclic) bond motifs is 1. The van der Waals surface area contributed by atoms with E-state index in [1.807, 2.05) is 62.4 Å². The van der Waals surface area contributed by atoms with Gasteiger partial charge in [-0.1, -0.05) is 36.4 Å². The number of ether oxygens (including phenoxy) is 1. The molecule has 0 aliphatic carbocycles. The monoisotopic (exact) mass is 459 g/mol. The topological polar surface area (TPSA) is 80.6 Å². The number of ketones is 1. The molecular weight excluding hydrogens is 430 g/mol. The minimum Gasteiger partial charge on any atom is -0.376 e. The molecule has 2 aliphatic heterocycles. The van der Waals surface area contributed by atoms with Crippen LogP contribution in [0.25, 0.3) is 10.8 Å². The Kier molecular flexibility index (Phi) is 5.52. The zero-order chi connectivity index (χ0) is 24.0. The van der Waals surface area contributed by atoms with Crippen molar-refractivity contribution in [3.63, 3.8) is 0 Å². The molecule has 176 valence electrons. The fourth-order valence-electron chi connectivity index (χ4n) is 5.12. The molecule has 3 heterocycles. The number of carbonyl (C=O) groups is 3. The molecule has 0 bridgehead atoms. The lowest BCUT2D eigenvalue weighted by atomic mass is 9.90. The Morgan fingerprint density at radius 2 is 1.88 bits per heavy atom. The molecule has 2 aliphatic rings. The van der Waals surface area contributed by atoms with Crippen molar-refractivity contribution in [2.75, 3.05) is 13.2 Å². The molecule has 2 saturated heterocycles. The minimum absolute atomic E-state index is 0.154. The van der Waals surface area contributed by atoms with Gasteiger partial charge in [0.25, 0.3) is 5.91 Å². The van der Waals surface area contributed by atoms with Crippen molar-refractivity contribution in [3.8, 4) is 0 Å². The minimum atomic E-state index is -1.22. The largest absolute Gasteiger partial charge is 0.376 e. The maximum Gasteiger partial charge on any atom is 0.325 e. The molecule has 2 fully saturated rings. The molecule has 1 N–H and O–H groups in total. The van der Waals surface area contributed by atoms with Crippen LogP contribution in [0.5, 0.6) is 0 Å². The summed E-state index contributed by atoms with van der Waals surface area (Å²) in [4.78, 5) is 40.5. The van der Waals surface area contributed by atoms with E-state index < -0.39 is 17.5 Å². The number of carbonyl (C=O) groups excluding carboxylic acids is 3. The molecule has 5 rings (SSSR count). The number of hydrogen-bond acceptors (Lipinski definition) is 4. The van der Waals surface area contributed by atoms with Crippen LogP contribution in [-0.2, 0) is 21.6 Å².